The molecule has 1 saturated heterocycles. The predicted octanol–water partition coefficient (Wildman–Crippen LogP) is 2.69. The molecule has 1 aromatic carbocycles. The topological polar surface area (TPSA) is 52.6 Å². The van der Waals surface area contributed by atoms with Crippen molar-refractivity contribution in [2.45, 2.75) is 30.8 Å². The summed E-state index contributed by atoms with van der Waals surface area (Å²) in [5, 5.41) is 3.71. The zero-order chi connectivity index (χ0) is 19.4. The lowest BCUT2D eigenvalue weighted by atomic mass is 10.2. The van der Waals surface area contributed by atoms with Crippen LogP contribution >= 0.6 is 12.2 Å². The number of hydrogen-bond acceptors (Lipinski definition) is 3. The molecule has 0 aromatic heterocycles. The lowest BCUT2D eigenvalue weighted by molar-refractivity contribution is -0.137. The van der Waals surface area contributed by atoms with Crippen LogP contribution in [0.25, 0.3) is 0 Å². The van der Waals surface area contributed by atoms with Gasteiger partial charge in [0.1, 0.15) is 0 Å². The average Bonchev–Trinajstić information content (AvgIpc) is 2.61. The Hall–Kier alpha value is -1.39. The van der Waals surface area contributed by atoms with Crippen molar-refractivity contribution < 1.29 is 21.6 Å². The molecule has 0 aliphatic carbocycles. The van der Waals surface area contributed by atoms with E-state index in [4.69, 9.17) is 12.2 Å². The molecule has 0 atom stereocenters. The van der Waals surface area contributed by atoms with Crippen molar-refractivity contribution in [2.75, 3.05) is 32.7 Å². The van der Waals surface area contributed by atoms with Crippen LogP contribution in [0.15, 0.2) is 29.2 Å². The van der Waals surface area contributed by atoms with Gasteiger partial charge in [0.15, 0.2) is 5.11 Å². The van der Waals surface area contributed by atoms with Gasteiger partial charge in [0.05, 0.1) is 10.5 Å². The Kier molecular flexibility index (Phi) is 6.86. The fraction of sp³-hybridized carbons (Fsp3) is 0.562. The summed E-state index contributed by atoms with van der Waals surface area (Å²) in [6.45, 7) is 3.98. The summed E-state index contributed by atoms with van der Waals surface area (Å²) in [4.78, 5) is 1.53. The molecule has 0 radical (unpaired) electrons. The fourth-order valence-corrected chi connectivity index (χ4v) is 4.35. The fourth-order valence-electron chi connectivity index (χ4n) is 2.60. The predicted molar refractivity (Wildman–Crippen MR) is 97.3 cm³/mol. The van der Waals surface area contributed by atoms with Crippen LogP contribution in [0.4, 0.5) is 13.2 Å². The second-order valence-electron chi connectivity index (χ2n) is 6.00. The molecular formula is C16H22F3N3O2S2. The Morgan fingerprint density at radius 3 is 2.46 bits per heavy atom. The van der Waals surface area contributed by atoms with Gasteiger partial charge in [-0.1, -0.05) is 19.4 Å². The minimum absolute atomic E-state index is 0.175. The normalized spacial score (nSPS) is 16.5. The Morgan fingerprint density at radius 1 is 1.23 bits per heavy atom. The maximum absolute atomic E-state index is 12.8. The first kappa shape index (κ1) is 20.9. The highest BCUT2D eigenvalue weighted by Crippen LogP contribution is 2.31. The number of thiocarbonyl (C=S) groups is 1. The zero-order valence-electron chi connectivity index (χ0n) is 14.4. The van der Waals surface area contributed by atoms with Crippen molar-refractivity contribution in [1.82, 2.24) is 14.5 Å². The molecule has 1 N–H and O–H groups in total. The van der Waals surface area contributed by atoms with Gasteiger partial charge in [-0.15, -0.1) is 0 Å². The van der Waals surface area contributed by atoms with E-state index in [1.54, 1.807) is 0 Å². The van der Waals surface area contributed by atoms with Crippen LogP contribution in [0, 0.1) is 0 Å². The molecule has 0 unspecified atom stereocenters. The molecule has 26 heavy (non-hydrogen) atoms. The molecule has 10 heteroatoms. The van der Waals surface area contributed by atoms with Crippen molar-refractivity contribution >= 4 is 27.4 Å². The molecule has 2 rings (SSSR count). The van der Waals surface area contributed by atoms with Gasteiger partial charge in [-0.25, -0.2) is 8.42 Å². The second-order valence-corrected chi connectivity index (χ2v) is 8.33. The van der Waals surface area contributed by atoms with E-state index < -0.39 is 21.8 Å². The standard InChI is InChI=1S/C16H22F3N3O2S2/c1-2-3-7-20-15(25)21-8-10-22(11-9-21)26(23,24)14-6-4-5-13(12-14)16(17,18)19/h4-6,12H,2-3,7-11H2,1H3,(H,20,25). The number of nitrogens with zero attached hydrogens (tertiary/aromatic N) is 2. The van der Waals surface area contributed by atoms with E-state index in [2.05, 4.69) is 12.2 Å². The summed E-state index contributed by atoms with van der Waals surface area (Å²) in [5.41, 5.74) is -0.974. The minimum Gasteiger partial charge on any atom is -0.363 e. The number of halogens is 3. The maximum Gasteiger partial charge on any atom is 0.416 e. The first-order valence-corrected chi connectivity index (χ1v) is 10.2. The van der Waals surface area contributed by atoms with Crippen LogP contribution in [0.3, 0.4) is 0 Å². The van der Waals surface area contributed by atoms with Crippen LogP contribution in [0.2, 0.25) is 0 Å². The number of rotatable bonds is 5. The van der Waals surface area contributed by atoms with Crippen molar-refractivity contribution in [2.24, 2.45) is 0 Å². The summed E-state index contributed by atoms with van der Waals surface area (Å²) in [7, 11) is -3.97. The van der Waals surface area contributed by atoms with E-state index in [-0.39, 0.29) is 18.0 Å². The molecule has 1 aromatic rings. The van der Waals surface area contributed by atoms with Crippen LogP contribution in [-0.4, -0.2) is 55.5 Å². The van der Waals surface area contributed by atoms with Crippen molar-refractivity contribution in [3.63, 3.8) is 0 Å². The monoisotopic (exact) mass is 409 g/mol. The lowest BCUT2D eigenvalue weighted by Gasteiger charge is -2.35. The Morgan fingerprint density at radius 2 is 1.88 bits per heavy atom. The van der Waals surface area contributed by atoms with Crippen molar-refractivity contribution in [1.29, 1.82) is 0 Å². The third-order valence-electron chi connectivity index (χ3n) is 4.13. The smallest absolute Gasteiger partial charge is 0.363 e. The Labute approximate surface area is 157 Å². The van der Waals surface area contributed by atoms with Gasteiger partial charge in [0.25, 0.3) is 0 Å². The molecule has 146 valence electrons. The summed E-state index contributed by atoms with van der Waals surface area (Å²) >= 11 is 5.29. The van der Waals surface area contributed by atoms with Crippen LogP contribution in [0.1, 0.15) is 25.3 Å². The van der Waals surface area contributed by atoms with Crippen LogP contribution < -0.4 is 5.32 Å². The SMILES string of the molecule is CCCCNC(=S)N1CCN(S(=O)(=O)c2cccc(C(F)(F)F)c2)CC1. The highest BCUT2D eigenvalue weighted by molar-refractivity contribution is 7.89. The first-order valence-electron chi connectivity index (χ1n) is 8.36. The van der Waals surface area contributed by atoms with E-state index in [0.717, 1.165) is 31.5 Å². The van der Waals surface area contributed by atoms with Crippen LogP contribution in [0.5, 0.6) is 0 Å². The number of hydrogen-bond donors (Lipinski definition) is 1. The second kappa shape index (κ2) is 8.53. The molecule has 1 fully saturated rings. The molecule has 1 aliphatic rings. The van der Waals surface area contributed by atoms with E-state index in [0.29, 0.717) is 24.3 Å². The third-order valence-corrected chi connectivity index (χ3v) is 6.43. The largest absolute Gasteiger partial charge is 0.416 e. The van der Waals surface area contributed by atoms with Gasteiger partial charge >= 0.3 is 6.18 Å². The lowest BCUT2D eigenvalue weighted by Crippen LogP contribution is -2.53. The number of alkyl halides is 3. The number of sulfonamides is 1. The summed E-state index contributed by atoms with van der Waals surface area (Å²) < 4.78 is 65.0. The first-order chi connectivity index (χ1) is 12.2. The number of nitrogens with one attached hydrogen (secondary N) is 1. The quantitative estimate of drug-likeness (QED) is 0.599. The molecule has 5 nitrogen and oxygen atoms in total. The van der Waals surface area contributed by atoms with Gasteiger partial charge in [-0.2, -0.15) is 17.5 Å². The Balaban J connectivity index is 2.03. The zero-order valence-corrected chi connectivity index (χ0v) is 16.1. The molecule has 0 saturated carbocycles. The number of unbranched alkanes of at least 4 members (excludes halogenated alkanes) is 1. The highest BCUT2D eigenvalue weighted by Gasteiger charge is 2.34. The summed E-state index contributed by atoms with van der Waals surface area (Å²) in [5.74, 6) is 0. The summed E-state index contributed by atoms with van der Waals surface area (Å²) in [6, 6.07) is 3.84. The summed E-state index contributed by atoms with van der Waals surface area (Å²) in [6.07, 6.45) is -2.55. The maximum atomic E-state index is 12.8. The Bertz CT molecular complexity index is 731. The van der Waals surface area contributed by atoms with Gasteiger partial charge in [-0.3, -0.25) is 0 Å². The molecule has 1 aliphatic heterocycles. The number of piperazine rings is 1. The van der Waals surface area contributed by atoms with E-state index in [1.165, 1.54) is 10.4 Å². The molecule has 0 spiro atoms. The highest BCUT2D eigenvalue weighted by atomic mass is 32.2. The molecule has 0 amide bonds. The van der Waals surface area contributed by atoms with Crippen molar-refractivity contribution in [3.8, 4) is 0 Å². The number of benzene rings is 1. The van der Waals surface area contributed by atoms with Gasteiger partial charge in [0.2, 0.25) is 10.0 Å². The van der Waals surface area contributed by atoms with Gasteiger partial charge in [-0.05, 0) is 36.8 Å². The average molecular weight is 409 g/mol. The molecular weight excluding hydrogens is 387 g/mol. The van der Waals surface area contributed by atoms with Crippen LogP contribution in [-0.2, 0) is 16.2 Å². The van der Waals surface area contributed by atoms with Gasteiger partial charge in [0, 0.05) is 32.7 Å². The van der Waals surface area contributed by atoms with E-state index >= 15 is 0 Å². The van der Waals surface area contributed by atoms with E-state index in [9.17, 15) is 21.6 Å². The van der Waals surface area contributed by atoms with E-state index in [1.807, 2.05) is 4.90 Å². The minimum atomic E-state index is -4.58. The third kappa shape index (κ3) is 5.08. The van der Waals surface area contributed by atoms with Gasteiger partial charge < -0.3 is 10.2 Å². The molecule has 1 heterocycles. The molecule has 0 bridgehead atoms. The van der Waals surface area contributed by atoms with Crippen molar-refractivity contribution in [3.05, 3.63) is 29.8 Å².